The van der Waals surface area contributed by atoms with Gasteiger partial charge in [0.15, 0.2) is 22.9 Å². The molecular weight excluding hydrogens is 284 g/mol. The fourth-order valence-electron chi connectivity index (χ4n) is 1.86. The Hall–Kier alpha value is -3.14. The van der Waals surface area contributed by atoms with Crippen molar-refractivity contribution < 1.29 is 14.2 Å². The Balaban J connectivity index is 2.54. The van der Waals surface area contributed by atoms with Crippen molar-refractivity contribution >= 4 is 5.90 Å². The van der Waals surface area contributed by atoms with Crippen LogP contribution in [0.2, 0.25) is 0 Å². The Labute approximate surface area is 127 Å². The maximum atomic E-state index is 9.03. The summed E-state index contributed by atoms with van der Waals surface area (Å²) in [5.74, 6) is 0.929. The van der Waals surface area contributed by atoms with Gasteiger partial charge < -0.3 is 14.2 Å². The Morgan fingerprint density at radius 2 is 1.91 bits per heavy atom. The topological polar surface area (TPSA) is 101 Å². The van der Waals surface area contributed by atoms with E-state index in [1.165, 1.54) is 20.4 Å². The van der Waals surface area contributed by atoms with E-state index in [9.17, 15) is 0 Å². The van der Waals surface area contributed by atoms with E-state index in [0.29, 0.717) is 17.2 Å². The van der Waals surface area contributed by atoms with Gasteiger partial charge in [-0.2, -0.15) is 5.26 Å². The maximum Gasteiger partial charge on any atom is 0.235 e. The van der Waals surface area contributed by atoms with Crippen LogP contribution in [-0.4, -0.2) is 37.2 Å². The lowest BCUT2D eigenvalue weighted by molar-refractivity contribution is 0.355. The summed E-state index contributed by atoms with van der Waals surface area (Å²) in [6.45, 7) is 0. The van der Waals surface area contributed by atoms with Crippen molar-refractivity contribution in [3.63, 3.8) is 0 Å². The summed E-state index contributed by atoms with van der Waals surface area (Å²) >= 11 is 0. The summed E-state index contributed by atoms with van der Waals surface area (Å²) in [5, 5.41) is 16.7. The van der Waals surface area contributed by atoms with Crippen LogP contribution in [0.4, 0.5) is 0 Å². The molecule has 112 valence electrons. The van der Waals surface area contributed by atoms with Crippen LogP contribution >= 0.6 is 0 Å². The highest BCUT2D eigenvalue weighted by Gasteiger charge is 2.15. The standard InChI is InChI=1S/C15H14N4O3/c1-20-12-5-4-9(6-13(12)21-2)11-8-18-10(7-16)14(19-11)15(17)22-3/h4-6,8,17H,1-3H3. The van der Waals surface area contributed by atoms with E-state index in [-0.39, 0.29) is 17.3 Å². The van der Waals surface area contributed by atoms with Crippen LogP contribution in [0.25, 0.3) is 11.3 Å². The molecule has 0 radical (unpaired) electrons. The minimum absolute atomic E-state index is 0.0380. The molecule has 22 heavy (non-hydrogen) atoms. The van der Waals surface area contributed by atoms with Crippen molar-refractivity contribution in [2.45, 2.75) is 0 Å². The van der Waals surface area contributed by atoms with E-state index < -0.39 is 0 Å². The summed E-state index contributed by atoms with van der Waals surface area (Å²) in [4.78, 5) is 8.31. The highest BCUT2D eigenvalue weighted by molar-refractivity contribution is 5.92. The molecule has 0 atom stereocenters. The van der Waals surface area contributed by atoms with Gasteiger partial charge >= 0.3 is 0 Å². The zero-order valence-corrected chi connectivity index (χ0v) is 12.4. The number of nitriles is 1. The number of nitrogens with zero attached hydrogens (tertiary/aromatic N) is 3. The minimum Gasteiger partial charge on any atom is -0.493 e. The molecule has 1 aromatic carbocycles. The summed E-state index contributed by atoms with van der Waals surface area (Å²) in [6, 6.07) is 7.17. The molecule has 1 N–H and O–H groups in total. The van der Waals surface area contributed by atoms with E-state index >= 15 is 0 Å². The van der Waals surface area contributed by atoms with Crippen LogP contribution in [0, 0.1) is 16.7 Å². The second-order valence-electron chi connectivity index (χ2n) is 4.17. The summed E-state index contributed by atoms with van der Waals surface area (Å²) in [6.07, 6.45) is 1.46. The van der Waals surface area contributed by atoms with Gasteiger partial charge in [-0.05, 0) is 18.2 Å². The number of aromatic nitrogens is 2. The van der Waals surface area contributed by atoms with Gasteiger partial charge in [-0.25, -0.2) is 9.97 Å². The molecule has 0 fully saturated rings. The first-order valence-electron chi connectivity index (χ1n) is 6.27. The van der Waals surface area contributed by atoms with E-state index in [1.807, 2.05) is 6.07 Å². The molecule has 0 aliphatic carbocycles. The number of rotatable bonds is 4. The zero-order valence-electron chi connectivity index (χ0n) is 12.4. The number of benzene rings is 1. The highest BCUT2D eigenvalue weighted by Crippen LogP contribution is 2.31. The second-order valence-corrected chi connectivity index (χ2v) is 4.17. The van der Waals surface area contributed by atoms with Crippen molar-refractivity contribution in [2.24, 2.45) is 0 Å². The van der Waals surface area contributed by atoms with Gasteiger partial charge in [0.25, 0.3) is 0 Å². The smallest absolute Gasteiger partial charge is 0.235 e. The molecule has 0 saturated heterocycles. The zero-order chi connectivity index (χ0) is 16.1. The summed E-state index contributed by atoms with van der Waals surface area (Å²) < 4.78 is 15.3. The molecule has 0 saturated carbocycles. The monoisotopic (exact) mass is 298 g/mol. The van der Waals surface area contributed by atoms with Gasteiger partial charge in [-0.3, -0.25) is 5.41 Å². The Morgan fingerprint density at radius 1 is 1.18 bits per heavy atom. The third-order valence-corrected chi connectivity index (χ3v) is 2.98. The van der Waals surface area contributed by atoms with Crippen LogP contribution in [0.1, 0.15) is 11.4 Å². The van der Waals surface area contributed by atoms with Crippen LogP contribution in [0.15, 0.2) is 24.4 Å². The van der Waals surface area contributed by atoms with Crippen LogP contribution < -0.4 is 9.47 Å². The molecule has 2 aromatic rings. The molecule has 7 nitrogen and oxygen atoms in total. The van der Waals surface area contributed by atoms with Crippen molar-refractivity contribution in [3.05, 3.63) is 35.8 Å². The molecule has 0 aliphatic heterocycles. The first-order chi connectivity index (χ1) is 10.6. The van der Waals surface area contributed by atoms with Gasteiger partial charge in [0.1, 0.15) is 6.07 Å². The van der Waals surface area contributed by atoms with E-state index in [2.05, 4.69) is 9.97 Å². The predicted octanol–water partition coefficient (Wildman–Crippen LogP) is 2.00. The lowest BCUT2D eigenvalue weighted by Gasteiger charge is -2.10. The number of nitrogens with one attached hydrogen (secondary N) is 1. The molecule has 1 heterocycles. The van der Waals surface area contributed by atoms with Gasteiger partial charge in [0, 0.05) is 5.56 Å². The molecule has 0 aliphatic rings. The maximum absolute atomic E-state index is 9.03. The molecule has 0 amide bonds. The number of ether oxygens (including phenoxy) is 3. The van der Waals surface area contributed by atoms with Crippen molar-refractivity contribution in [3.8, 4) is 28.8 Å². The van der Waals surface area contributed by atoms with E-state index in [4.69, 9.17) is 24.9 Å². The van der Waals surface area contributed by atoms with Crippen molar-refractivity contribution in [1.29, 1.82) is 10.7 Å². The summed E-state index contributed by atoms with van der Waals surface area (Å²) in [7, 11) is 4.43. The molecule has 2 rings (SSSR count). The average Bonchev–Trinajstić information content (AvgIpc) is 2.59. The molecule has 0 spiro atoms. The highest BCUT2D eigenvalue weighted by atomic mass is 16.5. The molecular formula is C15H14N4O3. The van der Waals surface area contributed by atoms with Gasteiger partial charge in [0.05, 0.1) is 33.2 Å². The van der Waals surface area contributed by atoms with Gasteiger partial charge in [-0.15, -0.1) is 0 Å². The quantitative estimate of drug-likeness (QED) is 0.684. The van der Waals surface area contributed by atoms with Crippen LogP contribution in [0.3, 0.4) is 0 Å². The largest absolute Gasteiger partial charge is 0.493 e. The van der Waals surface area contributed by atoms with Crippen LogP contribution in [-0.2, 0) is 4.74 Å². The fourth-order valence-corrected chi connectivity index (χ4v) is 1.86. The third kappa shape index (κ3) is 2.81. The predicted molar refractivity (Wildman–Crippen MR) is 79.1 cm³/mol. The third-order valence-electron chi connectivity index (χ3n) is 2.98. The van der Waals surface area contributed by atoms with Gasteiger partial charge in [0.2, 0.25) is 5.90 Å². The minimum atomic E-state index is -0.216. The van der Waals surface area contributed by atoms with Gasteiger partial charge in [-0.1, -0.05) is 0 Å². The SMILES string of the molecule is COC(=N)c1nc(-c2ccc(OC)c(OC)c2)cnc1C#N. The lowest BCUT2D eigenvalue weighted by atomic mass is 10.1. The van der Waals surface area contributed by atoms with Crippen molar-refractivity contribution in [1.82, 2.24) is 9.97 Å². The number of hydrogen-bond donors (Lipinski definition) is 1. The molecule has 0 bridgehead atoms. The van der Waals surface area contributed by atoms with E-state index in [1.54, 1.807) is 25.3 Å². The Morgan fingerprint density at radius 3 is 2.50 bits per heavy atom. The average molecular weight is 298 g/mol. The molecule has 0 unspecified atom stereocenters. The molecule has 1 aromatic heterocycles. The Bertz CT molecular complexity index is 753. The second kappa shape index (κ2) is 6.54. The summed E-state index contributed by atoms with van der Waals surface area (Å²) in [5.41, 5.74) is 1.35. The number of hydrogen-bond acceptors (Lipinski definition) is 7. The Kier molecular flexibility index (Phi) is 4.53. The first kappa shape index (κ1) is 15.3. The number of methoxy groups -OCH3 is 3. The lowest BCUT2D eigenvalue weighted by Crippen LogP contribution is -2.09. The fraction of sp³-hybridized carbons (Fsp3) is 0.200. The van der Waals surface area contributed by atoms with Crippen molar-refractivity contribution in [2.75, 3.05) is 21.3 Å². The normalized spacial score (nSPS) is 9.73. The van der Waals surface area contributed by atoms with Crippen LogP contribution in [0.5, 0.6) is 11.5 Å². The van der Waals surface area contributed by atoms with E-state index in [0.717, 1.165) is 5.56 Å². The molecule has 7 heteroatoms. The first-order valence-corrected chi connectivity index (χ1v) is 6.27.